The topological polar surface area (TPSA) is 21.1 Å². The summed E-state index contributed by atoms with van der Waals surface area (Å²) in [5, 5.41) is 5.01. The lowest BCUT2D eigenvalue weighted by molar-refractivity contribution is 0.447. The molecule has 1 aromatic heterocycles. The van der Waals surface area contributed by atoms with Crippen LogP contribution in [-0.2, 0) is 0 Å². The molecule has 0 bridgehead atoms. The standard InChI is InChI=1S/C15H13N3S2/c19-14-8-15-17(14)9-11(10-20-15)13-6-7-16-18(13)12-4-2-1-3-5-12/h1-7,9,15H,8,10H2/t15-/m0/s1. The van der Waals surface area contributed by atoms with E-state index >= 15 is 0 Å². The van der Waals surface area contributed by atoms with Crippen LogP contribution in [0.3, 0.4) is 0 Å². The number of benzene rings is 1. The summed E-state index contributed by atoms with van der Waals surface area (Å²) in [6, 6.07) is 12.3. The van der Waals surface area contributed by atoms with Crippen molar-refractivity contribution in [1.82, 2.24) is 14.7 Å². The first kappa shape index (κ1) is 12.2. The molecule has 2 aromatic rings. The van der Waals surface area contributed by atoms with Crippen molar-refractivity contribution in [3.63, 3.8) is 0 Å². The van der Waals surface area contributed by atoms with Crippen molar-refractivity contribution >= 4 is 34.5 Å². The second kappa shape index (κ2) is 4.75. The molecule has 1 aromatic carbocycles. The van der Waals surface area contributed by atoms with Crippen molar-refractivity contribution in [2.75, 3.05) is 5.75 Å². The molecule has 1 atom stereocenters. The summed E-state index contributed by atoms with van der Waals surface area (Å²) in [7, 11) is 0. The zero-order valence-electron chi connectivity index (χ0n) is 10.8. The van der Waals surface area contributed by atoms with Crippen LogP contribution in [0.1, 0.15) is 12.1 Å². The van der Waals surface area contributed by atoms with Gasteiger partial charge in [0.15, 0.2) is 0 Å². The van der Waals surface area contributed by atoms with Gasteiger partial charge in [-0.15, -0.1) is 11.8 Å². The molecule has 1 fully saturated rings. The van der Waals surface area contributed by atoms with Crippen LogP contribution in [0.4, 0.5) is 0 Å². The van der Waals surface area contributed by atoms with Crippen molar-refractivity contribution < 1.29 is 0 Å². The molecule has 1 saturated heterocycles. The first-order valence-corrected chi connectivity index (χ1v) is 8.02. The molecule has 0 unspecified atom stereocenters. The Hall–Kier alpha value is -1.59. The highest BCUT2D eigenvalue weighted by Gasteiger charge is 2.35. The maximum atomic E-state index is 5.34. The van der Waals surface area contributed by atoms with Gasteiger partial charge in [-0.2, -0.15) is 5.10 Å². The Kier molecular flexibility index (Phi) is 2.89. The van der Waals surface area contributed by atoms with Gasteiger partial charge in [-0.25, -0.2) is 4.68 Å². The summed E-state index contributed by atoms with van der Waals surface area (Å²) in [6.07, 6.45) is 5.10. The van der Waals surface area contributed by atoms with Crippen LogP contribution < -0.4 is 0 Å². The first-order chi connectivity index (χ1) is 9.83. The molecule has 0 N–H and O–H groups in total. The number of para-hydroxylation sites is 1. The summed E-state index contributed by atoms with van der Waals surface area (Å²) < 4.78 is 2.00. The number of thiocarbonyl (C=S) groups is 1. The van der Waals surface area contributed by atoms with Gasteiger partial charge in [0.05, 0.1) is 27.9 Å². The van der Waals surface area contributed by atoms with Gasteiger partial charge in [0.2, 0.25) is 0 Å². The van der Waals surface area contributed by atoms with Crippen LogP contribution in [0.5, 0.6) is 0 Å². The van der Waals surface area contributed by atoms with E-state index in [1.54, 1.807) is 0 Å². The van der Waals surface area contributed by atoms with Crippen molar-refractivity contribution in [2.24, 2.45) is 0 Å². The molecule has 0 aliphatic carbocycles. The molecule has 4 rings (SSSR count). The molecular formula is C15H13N3S2. The molecule has 0 radical (unpaired) electrons. The zero-order valence-corrected chi connectivity index (χ0v) is 12.4. The van der Waals surface area contributed by atoms with Crippen LogP contribution in [0.25, 0.3) is 11.3 Å². The summed E-state index contributed by atoms with van der Waals surface area (Å²) in [5.41, 5.74) is 3.53. The minimum Gasteiger partial charge on any atom is -0.329 e. The van der Waals surface area contributed by atoms with Crippen molar-refractivity contribution in [3.8, 4) is 5.69 Å². The van der Waals surface area contributed by atoms with Gasteiger partial charge in [0, 0.05) is 23.9 Å². The predicted molar refractivity (Wildman–Crippen MR) is 86.8 cm³/mol. The van der Waals surface area contributed by atoms with Crippen LogP contribution in [0.2, 0.25) is 0 Å². The Morgan fingerprint density at radius 2 is 2.05 bits per heavy atom. The highest BCUT2D eigenvalue weighted by Crippen LogP contribution is 2.39. The van der Waals surface area contributed by atoms with E-state index in [-0.39, 0.29) is 0 Å². The Balaban J connectivity index is 1.74. The van der Waals surface area contributed by atoms with Gasteiger partial charge in [-0.3, -0.25) is 0 Å². The van der Waals surface area contributed by atoms with E-state index in [0.717, 1.165) is 28.5 Å². The number of rotatable bonds is 2. The molecule has 2 aliphatic heterocycles. The van der Waals surface area contributed by atoms with E-state index in [1.165, 1.54) is 5.57 Å². The molecule has 5 heteroatoms. The first-order valence-electron chi connectivity index (χ1n) is 6.56. The number of hydrogen-bond acceptors (Lipinski definition) is 3. The average molecular weight is 299 g/mol. The Morgan fingerprint density at radius 1 is 1.20 bits per heavy atom. The molecule has 2 aliphatic rings. The smallest absolute Gasteiger partial charge is 0.0864 e. The van der Waals surface area contributed by atoms with Crippen molar-refractivity contribution in [2.45, 2.75) is 11.8 Å². The third kappa shape index (κ3) is 1.89. The minimum atomic E-state index is 0.555. The molecule has 0 spiro atoms. The van der Waals surface area contributed by atoms with Gasteiger partial charge >= 0.3 is 0 Å². The summed E-state index contributed by atoms with van der Waals surface area (Å²) >= 11 is 7.29. The number of fused-ring (bicyclic) bond motifs is 1. The second-order valence-electron chi connectivity index (χ2n) is 4.89. The third-order valence-electron chi connectivity index (χ3n) is 3.65. The third-order valence-corrected chi connectivity index (χ3v) is 5.28. The minimum absolute atomic E-state index is 0.555. The molecule has 100 valence electrons. The normalized spacial score (nSPS) is 21.2. The Bertz CT molecular complexity index is 690. The zero-order chi connectivity index (χ0) is 13.5. The lowest BCUT2D eigenvalue weighted by atomic mass is 10.1. The number of thioether (sulfide) groups is 1. The largest absolute Gasteiger partial charge is 0.329 e. The van der Waals surface area contributed by atoms with Crippen molar-refractivity contribution in [1.29, 1.82) is 0 Å². The van der Waals surface area contributed by atoms with Gasteiger partial charge < -0.3 is 4.90 Å². The monoisotopic (exact) mass is 299 g/mol. The van der Waals surface area contributed by atoms with Crippen LogP contribution >= 0.6 is 24.0 Å². The van der Waals surface area contributed by atoms with Crippen LogP contribution in [0.15, 0.2) is 48.8 Å². The predicted octanol–water partition coefficient (Wildman–Crippen LogP) is 3.32. The van der Waals surface area contributed by atoms with E-state index in [9.17, 15) is 0 Å². The van der Waals surface area contributed by atoms with E-state index in [1.807, 2.05) is 40.8 Å². The molecule has 3 nitrogen and oxygen atoms in total. The highest BCUT2D eigenvalue weighted by molar-refractivity contribution is 8.00. The summed E-state index contributed by atoms with van der Waals surface area (Å²) in [4.78, 5) is 3.26. The fourth-order valence-electron chi connectivity index (χ4n) is 2.55. The maximum absolute atomic E-state index is 5.34. The Morgan fingerprint density at radius 3 is 2.85 bits per heavy atom. The number of hydrogen-bond donors (Lipinski definition) is 0. The van der Waals surface area contributed by atoms with Gasteiger partial charge in [-0.05, 0) is 18.2 Å². The summed E-state index contributed by atoms with van der Waals surface area (Å²) in [5.74, 6) is 1.02. The van der Waals surface area contributed by atoms with E-state index < -0.39 is 0 Å². The quantitative estimate of drug-likeness (QED) is 0.793. The van der Waals surface area contributed by atoms with Crippen LogP contribution in [0, 0.1) is 0 Å². The fraction of sp³-hybridized carbons (Fsp3) is 0.200. The van der Waals surface area contributed by atoms with E-state index in [0.29, 0.717) is 5.37 Å². The molecule has 0 amide bonds. The van der Waals surface area contributed by atoms with Crippen molar-refractivity contribution in [3.05, 3.63) is 54.5 Å². The molecule has 20 heavy (non-hydrogen) atoms. The van der Waals surface area contributed by atoms with E-state index in [4.69, 9.17) is 12.2 Å². The van der Waals surface area contributed by atoms with Crippen LogP contribution in [-0.4, -0.2) is 30.8 Å². The lowest BCUT2D eigenvalue weighted by Gasteiger charge is -2.43. The fourth-order valence-corrected chi connectivity index (χ4v) is 4.28. The summed E-state index contributed by atoms with van der Waals surface area (Å²) in [6.45, 7) is 0. The van der Waals surface area contributed by atoms with E-state index in [2.05, 4.69) is 34.4 Å². The lowest BCUT2D eigenvalue weighted by Crippen LogP contribution is -2.47. The Labute approximate surface area is 127 Å². The maximum Gasteiger partial charge on any atom is 0.0864 e. The van der Waals surface area contributed by atoms with Gasteiger partial charge in [0.1, 0.15) is 0 Å². The highest BCUT2D eigenvalue weighted by atomic mass is 32.2. The second-order valence-corrected chi connectivity index (χ2v) is 6.53. The average Bonchev–Trinajstić information content (AvgIpc) is 2.96. The van der Waals surface area contributed by atoms with Gasteiger partial charge in [-0.1, -0.05) is 30.4 Å². The van der Waals surface area contributed by atoms with Gasteiger partial charge in [0.25, 0.3) is 0 Å². The number of aromatic nitrogens is 2. The molecular weight excluding hydrogens is 286 g/mol. The number of nitrogens with zero attached hydrogens (tertiary/aromatic N) is 3. The molecule has 3 heterocycles. The molecule has 0 saturated carbocycles. The SMILES string of the molecule is S=C1C[C@@H]2SCC(c3ccnn3-c3ccccc3)=CN12.